The van der Waals surface area contributed by atoms with Crippen molar-refractivity contribution in [3.05, 3.63) is 45.7 Å². The normalized spacial score (nSPS) is 11.0. The van der Waals surface area contributed by atoms with Gasteiger partial charge in [0.1, 0.15) is 0 Å². The van der Waals surface area contributed by atoms with E-state index in [0.29, 0.717) is 18.4 Å². The summed E-state index contributed by atoms with van der Waals surface area (Å²) in [7, 11) is 0. The molecule has 0 saturated carbocycles. The monoisotopic (exact) mass is 272 g/mol. The molecule has 1 aromatic carbocycles. The Kier molecular flexibility index (Phi) is 4.23. The Morgan fingerprint density at radius 1 is 1.30 bits per heavy atom. The van der Waals surface area contributed by atoms with Gasteiger partial charge in [-0.1, -0.05) is 6.07 Å². The molecule has 1 heterocycles. The Morgan fingerprint density at radius 3 is 2.75 bits per heavy atom. The zero-order chi connectivity index (χ0) is 14.7. The van der Waals surface area contributed by atoms with E-state index in [1.54, 1.807) is 6.92 Å². The Morgan fingerprint density at radius 2 is 2.05 bits per heavy atom. The minimum absolute atomic E-state index is 0.0541. The number of benzene rings is 1. The molecule has 20 heavy (non-hydrogen) atoms. The van der Waals surface area contributed by atoms with Gasteiger partial charge in [0.15, 0.2) is 0 Å². The van der Waals surface area contributed by atoms with E-state index < -0.39 is 0 Å². The highest BCUT2D eigenvalue weighted by molar-refractivity contribution is 5.80. The van der Waals surface area contributed by atoms with E-state index >= 15 is 0 Å². The quantitative estimate of drug-likeness (QED) is 0.897. The molecule has 0 bridgehead atoms. The highest BCUT2D eigenvalue weighted by Gasteiger charge is 2.05. The van der Waals surface area contributed by atoms with Gasteiger partial charge in [-0.25, -0.2) is 0 Å². The summed E-state index contributed by atoms with van der Waals surface area (Å²) in [6, 6.07) is 7.93. The lowest BCUT2D eigenvalue weighted by atomic mass is 10.1. The van der Waals surface area contributed by atoms with E-state index in [1.165, 1.54) is 0 Å². The number of hydrogen-bond acceptors (Lipinski definition) is 2. The number of hydrogen-bond donors (Lipinski definition) is 2. The van der Waals surface area contributed by atoms with Crippen LogP contribution in [0.5, 0.6) is 0 Å². The van der Waals surface area contributed by atoms with Crippen LogP contribution in [0.4, 0.5) is 0 Å². The summed E-state index contributed by atoms with van der Waals surface area (Å²) in [5.41, 5.74) is 2.58. The highest BCUT2D eigenvalue weighted by atomic mass is 16.1. The van der Waals surface area contributed by atoms with E-state index in [4.69, 9.17) is 0 Å². The second kappa shape index (κ2) is 5.90. The number of fused-ring (bicyclic) bond motifs is 1. The minimum Gasteiger partial charge on any atom is -0.354 e. The summed E-state index contributed by atoms with van der Waals surface area (Å²) in [6.07, 6.45) is 1.18. The van der Waals surface area contributed by atoms with Gasteiger partial charge in [0, 0.05) is 23.5 Å². The largest absolute Gasteiger partial charge is 0.354 e. The molecule has 1 amide bonds. The summed E-state index contributed by atoms with van der Waals surface area (Å²) in [4.78, 5) is 26.0. The zero-order valence-corrected chi connectivity index (χ0v) is 12.1. The minimum atomic E-state index is -0.0541. The predicted octanol–water partition coefficient (Wildman–Crippen LogP) is 2.29. The lowest BCUT2D eigenvalue weighted by Crippen LogP contribution is -2.30. The lowest BCUT2D eigenvalue weighted by Gasteiger charge is -2.08. The maximum absolute atomic E-state index is 11.6. The van der Waals surface area contributed by atoms with Crippen molar-refractivity contribution in [3.63, 3.8) is 0 Å². The fraction of sp³-hybridized carbons (Fsp3) is 0.375. The number of aromatic amines is 1. The van der Waals surface area contributed by atoms with Crippen molar-refractivity contribution in [2.45, 2.75) is 39.7 Å². The van der Waals surface area contributed by atoms with Crippen LogP contribution in [0, 0.1) is 6.92 Å². The summed E-state index contributed by atoms with van der Waals surface area (Å²) in [6.45, 7) is 5.70. The van der Waals surface area contributed by atoms with Crippen molar-refractivity contribution >= 4 is 16.8 Å². The van der Waals surface area contributed by atoms with Gasteiger partial charge in [0.2, 0.25) is 5.91 Å². The van der Waals surface area contributed by atoms with Gasteiger partial charge in [-0.15, -0.1) is 0 Å². The predicted molar refractivity (Wildman–Crippen MR) is 80.9 cm³/mol. The van der Waals surface area contributed by atoms with Crippen LogP contribution in [0.2, 0.25) is 0 Å². The van der Waals surface area contributed by atoms with Gasteiger partial charge < -0.3 is 10.3 Å². The topological polar surface area (TPSA) is 62.0 Å². The van der Waals surface area contributed by atoms with Crippen LogP contribution in [0.15, 0.2) is 29.1 Å². The highest BCUT2D eigenvalue weighted by Crippen LogP contribution is 2.14. The zero-order valence-electron chi connectivity index (χ0n) is 12.1. The van der Waals surface area contributed by atoms with Gasteiger partial charge in [-0.05, 0) is 56.3 Å². The summed E-state index contributed by atoms with van der Waals surface area (Å²) < 4.78 is 0. The maximum Gasteiger partial charge on any atom is 0.251 e. The Bertz CT molecular complexity index is 686. The van der Waals surface area contributed by atoms with Crippen molar-refractivity contribution in [3.8, 4) is 0 Å². The maximum atomic E-state index is 11.6. The number of carbonyl (C=O) groups is 1. The van der Waals surface area contributed by atoms with E-state index in [1.807, 2.05) is 38.1 Å². The molecule has 0 saturated heterocycles. The van der Waals surface area contributed by atoms with Crippen LogP contribution < -0.4 is 10.9 Å². The van der Waals surface area contributed by atoms with Gasteiger partial charge in [0.05, 0.1) is 0 Å². The van der Waals surface area contributed by atoms with Crippen molar-refractivity contribution < 1.29 is 4.79 Å². The first-order chi connectivity index (χ1) is 9.45. The van der Waals surface area contributed by atoms with Gasteiger partial charge in [-0.2, -0.15) is 0 Å². The van der Waals surface area contributed by atoms with Crippen LogP contribution in [0.3, 0.4) is 0 Å². The fourth-order valence-electron chi connectivity index (χ4n) is 2.17. The number of aryl methyl sites for hydroxylation is 2. The molecule has 1 aromatic heterocycles. The number of carbonyl (C=O) groups excluding carboxylic acids is 1. The molecule has 2 N–H and O–H groups in total. The second-order valence-electron chi connectivity index (χ2n) is 5.43. The Labute approximate surface area is 118 Å². The van der Waals surface area contributed by atoms with E-state index in [-0.39, 0.29) is 17.5 Å². The molecule has 106 valence electrons. The molecule has 0 aliphatic heterocycles. The fourth-order valence-corrected chi connectivity index (χ4v) is 2.17. The third-order valence-corrected chi connectivity index (χ3v) is 3.18. The molecule has 0 spiro atoms. The smallest absolute Gasteiger partial charge is 0.251 e. The molecule has 0 atom stereocenters. The summed E-state index contributed by atoms with van der Waals surface area (Å²) in [5, 5.41) is 3.88. The third kappa shape index (κ3) is 3.47. The number of H-pyrrole nitrogens is 1. The van der Waals surface area contributed by atoms with E-state index in [0.717, 1.165) is 16.5 Å². The molecule has 0 aliphatic carbocycles. The Hall–Kier alpha value is -2.10. The number of amides is 1. The van der Waals surface area contributed by atoms with Crippen LogP contribution in [0.25, 0.3) is 10.9 Å². The molecule has 0 radical (unpaired) electrons. The van der Waals surface area contributed by atoms with E-state index in [2.05, 4.69) is 10.3 Å². The van der Waals surface area contributed by atoms with Crippen molar-refractivity contribution in [2.75, 3.05) is 0 Å². The van der Waals surface area contributed by atoms with E-state index in [9.17, 15) is 9.59 Å². The third-order valence-electron chi connectivity index (χ3n) is 3.18. The molecule has 0 aliphatic rings. The molecule has 2 rings (SSSR count). The number of nitrogens with one attached hydrogen (secondary N) is 2. The van der Waals surface area contributed by atoms with Crippen molar-refractivity contribution in [1.82, 2.24) is 10.3 Å². The number of aromatic nitrogens is 1. The first-order valence-electron chi connectivity index (χ1n) is 6.87. The van der Waals surface area contributed by atoms with Crippen LogP contribution in [0.1, 0.15) is 31.4 Å². The van der Waals surface area contributed by atoms with Gasteiger partial charge >= 0.3 is 0 Å². The second-order valence-corrected chi connectivity index (χ2v) is 5.43. The first-order valence-corrected chi connectivity index (χ1v) is 6.87. The molecular weight excluding hydrogens is 252 g/mol. The summed E-state index contributed by atoms with van der Waals surface area (Å²) >= 11 is 0. The molecule has 4 heteroatoms. The first kappa shape index (κ1) is 14.3. The Balaban J connectivity index is 2.14. The van der Waals surface area contributed by atoms with Crippen molar-refractivity contribution in [1.29, 1.82) is 0 Å². The standard InChI is InChI=1S/C16H20N2O2/c1-10(2)17-15(19)7-5-12-4-6-14-13(9-12)8-11(3)16(20)18-14/h4,6,8-10H,5,7H2,1-3H3,(H,17,19)(H,18,20). The molecule has 2 aromatic rings. The number of rotatable bonds is 4. The lowest BCUT2D eigenvalue weighted by molar-refractivity contribution is -0.121. The average molecular weight is 272 g/mol. The van der Waals surface area contributed by atoms with Crippen LogP contribution in [-0.4, -0.2) is 16.9 Å². The summed E-state index contributed by atoms with van der Waals surface area (Å²) in [5.74, 6) is 0.0674. The molecule has 0 unspecified atom stereocenters. The van der Waals surface area contributed by atoms with Crippen LogP contribution >= 0.6 is 0 Å². The molecule has 4 nitrogen and oxygen atoms in total. The van der Waals surface area contributed by atoms with Gasteiger partial charge in [0.25, 0.3) is 5.56 Å². The number of pyridine rings is 1. The average Bonchev–Trinajstić information content (AvgIpc) is 2.37. The SMILES string of the molecule is Cc1cc2cc(CCC(=O)NC(C)C)ccc2[nH]c1=O. The molecule has 0 fully saturated rings. The van der Waals surface area contributed by atoms with Gasteiger partial charge in [-0.3, -0.25) is 9.59 Å². The molecular formula is C16H20N2O2. The van der Waals surface area contributed by atoms with Crippen LogP contribution in [-0.2, 0) is 11.2 Å². The van der Waals surface area contributed by atoms with Crippen molar-refractivity contribution in [2.24, 2.45) is 0 Å².